The monoisotopic (exact) mass is 269 g/mol. The number of amides is 1. The Balaban J connectivity index is 2.33. The van der Waals surface area contributed by atoms with Gasteiger partial charge in [-0.1, -0.05) is 18.2 Å². The van der Waals surface area contributed by atoms with Crippen molar-refractivity contribution in [3.05, 3.63) is 53.7 Å². The molecular formula is C16H19N3O. The summed E-state index contributed by atoms with van der Waals surface area (Å²) in [6, 6.07) is 12.1. The Kier molecular flexibility index (Phi) is 4.15. The maximum atomic E-state index is 11.0. The molecule has 1 aromatic heterocycles. The number of aromatic nitrogens is 1. The van der Waals surface area contributed by atoms with Crippen LogP contribution in [-0.4, -0.2) is 29.9 Å². The molecule has 20 heavy (non-hydrogen) atoms. The zero-order chi connectivity index (χ0) is 14.7. The lowest BCUT2D eigenvalue weighted by molar-refractivity contribution is 0.1000. The zero-order valence-corrected chi connectivity index (χ0v) is 12.0. The molecule has 2 N–H and O–H groups in total. The summed E-state index contributed by atoms with van der Waals surface area (Å²) in [5.41, 5.74) is 8.74. The first-order valence-electron chi connectivity index (χ1n) is 6.51. The highest BCUT2D eigenvalue weighted by Gasteiger charge is 2.09. The van der Waals surface area contributed by atoms with E-state index in [4.69, 9.17) is 5.73 Å². The minimum atomic E-state index is -0.459. The Morgan fingerprint density at radius 3 is 2.55 bits per heavy atom. The third-order valence-electron chi connectivity index (χ3n) is 3.49. The van der Waals surface area contributed by atoms with Gasteiger partial charge in [-0.2, -0.15) is 0 Å². The number of hydrogen-bond acceptors (Lipinski definition) is 3. The van der Waals surface area contributed by atoms with Crippen LogP contribution in [-0.2, 0) is 0 Å². The van der Waals surface area contributed by atoms with Gasteiger partial charge in [0, 0.05) is 17.8 Å². The highest BCUT2D eigenvalue weighted by Crippen LogP contribution is 2.23. The normalized spacial score (nSPS) is 12.4. The molecule has 0 bridgehead atoms. The van der Waals surface area contributed by atoms with Gasteiger partial charge in [-0.15, -0.1) is 0 Å². The molecule has 2 aromatic rings. The number of pyridine rings is 1. The van der Waals surface area contributed by atoms with Crippen molar-refractivity contribution in [2.24, 2.45) is 5.73 Å². The lowest BCUT2D eigenvalue weighted by Crippen LogP contribution is -2.16. The van der Waals surface area contributed by atoms with Crippen molar-refractivity contribution >= 4 is 5.91 Å². The molecule has 1 atom stereocenters. The fraction of sp³-hybridized carbons (Fsp3) is 0.250. The van der Waals surface area contributed by atoms with Crippen molar-refractivity contribution in [2.45, 2.75) is 13.0 Å². The summed E-state index contributed by atoms with van der Waals surface area (Å²) in [7, 11) is 4.11. The smallest absolute Gasteiger partial charge is 0.250 e. The predicted molar refractivity (Wildman–Crippen MR) is 80.3 cm³/mol. The van der Waals surface area contributed by atoms with Crippen molar-refractivity contribution in [3.63, 3.8) is 0 Å². The number of primary amides is 1. The van der Waals surface area contributed by atoms with Crippen LogP contribution in [0.1, 0.15) is 28.9 Å². The average Bonchev–Trinajstić information content (AvgIpc) is 2.46. The molecule has 0 unspecified atom stereocenters. The molecule has 104 valence electrons. The first-order valence-corrected chi connectivity index (χ1v) is 6.51. The summed E-state index contributed by atoms with van der Waals surface area (Å²) in [6.07, 6.45) is 1.51. The lowest BCUT2D eigenvalue weighted by atomic mass is 10.0. The second kappa shape index (κ2) is 5.84. The fourth-order valence-corrected chi connectivity index (χ4v) is 1.97. The summed E-state index contributed by atoms with van der Waals surface area (Å²) in [6.45, 7) is 2.16. The number of benzene rings is 1. The summed E-state index contributed by atoms with van der Waals surface area (Å²) < 4.78 is 0. The van der Waals surface area contributed by atoms with E-state index in [2.05, 4.69) is 43.0 Å². The Morgan fingerprint density at radius 2 is 2.00 bits per heavy atom. The summed E-state index contributed by atoms with van der Waals surface area (Å²) in [4.78, 5) is 17.5. The number of rotatable bonds is 4. The SMILES string of the molecule is C[C@H](c1cccc(-c2ccc(C(N)=O)cn2)c1)N(C)C. The number of nitrogens with two attached hydrogens (primary N) is 1. The van der Waals surface area contributed by atoms with Crippen LogP contribution in [0.5, 0.6) is 0 Å². The molecule has 0 saturated heterocycles. The van der Waals surface area contributed by atoms with Crippen LogP contribution in [0.15, 0.2) is 42.6 Å². The Labute approximate surface area is 119 Å². The van der Waals surface area contributed by atoms with Gasteiger partial charge in [0.25, 0.3) is 0 Å². The molecule has 1 amide bonds. The molecule has 4 nitrogen and oxygen atoms in total. The third kappa shape index (κ3) is 3.03. The molecule has 0 fully saturated rings. The average molecular weight is 269 g/mol. The predicted octanol–water partition coefficient (Wildman–Crippen LogP) is 2.47. The van der Waals surface area contributed by atoms with Crippen LogP contribution in [0.2, 0.25) is 0 Å². The highest BCUT2D eigenvalue weighted by molar-refractivity contribution is 5.92. The Morgan fingerprint density at radius 1 is 1.25 bits per heavy atom. The van der Waals surface area contributed by atoms with E-state index in [1.165, 1.54) is 11.8 Å². The third-order valence-corrected chi connectivity index (χ3v) is 3.49. The molecule has 0 aliphatic carbocycles. The number of carbonyl (C=O) groups excluding carboxylic acids is 1. The molecule has 0 aliphatic rings. The maximum absolute atomic E-state index is 11.0. The van der Waals surface area contributed by atoms with Crippen LogP contribution in [0.3, 0.4) is 0 Å². The van der Waals surface area contributed by atoms with E-state index < -0.39 is 5.91 Å². The van der Waals surface area contributed by atoms with E-state index >= 15 is 0 Å². The largest absolute Gasteiger partial charge is 0.366 e. The van der Waals surface area contributed by atoms with E-state index in [1.807, 2.05) is 18.2 Å². The summed E-state index contributed by atoms with van der Waals surface area (Å²) in [5.74, 6) is -0.459. The lowest BCUT2D eigenvalue weighted by Gasteiger charge is -2.20. The van der Waals surface area contributed by atoms with Crippen LogP contribution in [0, 0.1) is 0 Å². The molecule has 4 heteroatoms. The van der Waals surface area contributed by atoms with E-state index in [-0.39, 0.29) is 0 Å². The van der Waals surface area contributed by atoms with Crippen LogP contribution in [0.25, 0.3) is 11.3 Å². The minimum Gasteiger partial charge on any atom is -0.366 e. The second-order valence-electron chi connectivity index (χ2n) is 5.06. The molecule has 0 saturated carbocycles. The van der Waals surface area contributed by atoms with Gasteiger partial charge in [0.1, 0.15) is 0 Å². The van der Waals surface area contributed by atoms with Crippen molar-refractivity contribution < 1.29 is 4.79 Å². The Hall–Kier alpha value is -2.20. The van der Waals surface area contributed by atoms with Crippen LogP contribution >= 0.6 is 0 Å². The molecule has 1 aromatic carbocycles. The van der Waals surface area contributed by atoms with Gasteiger partial charge in [-0.05, 0) is 44.8 Å². The second-order valence-corrected chi connectivity index (χ2v) is 5.06. The highest BCUT2D eigenvalue weighted by atomic mass is 16.1. The Bertz CT molecular complexity index is 605. The first kappa shape index (κ1) is 14.2. The van der Waals surface area contributed by atoms with Crippen molar-refractivity contribution in [1.82, 2.24) is 9.88 Å². The molecule has 2 rings (SSSR count). The molecule has 0 radical (unpaired) electrons. The van der Waals surface area contributed by atoms with Gasteiger partial charge in [0.05, 0.1) is 11.3 Å². The standard InChI is InChI=1S/C16H19N3O/c1-11(19(2)3)12-5-4-6-13(9-12)15-8-7-14(10-18-15)16(17)20/h4-11H,1-3H3,(H2,17,20)/t11-/m1/s1. The van der Waals surface area contributed by atoms with Crippen molar-refractivity contribution in [2.75, 3.05) is 14.1 Å². The van der Waals surface area contributed by atoms with Gasteiger partial charge >= 0.3 is 0 Å². The quantitative estimate of drug-likeness (QED) is 0.927. The molecule has 0 spiro atoms. The van der Waals surface area contributed by atoms with E-state index in [0.717, 1.165) is 11.3 Å². The molecular weight excluding hydrogens is 250 g/mol. The number of carbonyl (C=O) groups is 1. The number of nitrogens with zero attached hydrogens (tertiary/aromatic N) is 2. The van der Waals surface area contributed by atoms with Gasteiger partial charge in [0.15, 0.2) is 0 Å². The first-order chi connectivity index (χ1) is 9.49. The van der Waals surface area contributed by atoms with Gasteiger partial charge in [-0.3, -0.25) is 9.78 Å². The maximum Gasteiger partial charge on any atom is 0.250 e. The van der Waals surface area contributed by atoms with Gasteiger partial charge in [0.2, 0.25) is 5.91 Å². The fourth-order valence-electron chi connectivity index (χ4n) is 1.97. The zero-order valence-electron chi connectivity index (χ0n) is 12.0. The number of hydrogen-bond donors (Lipinski definition) is 1. The summed E-state index contributed by atoms with van der Waals surface area (Å²) >= 11 is 0. The van der Waals surface area contributed by atoms with Gasteiger partial charge in [-0.25, -0.2) is 0 Å². The van der Waals surface area contributed by atoms with Crippen LogP contribution < -0.4 is 5.73 Å². The van der Waals surface area contributed by atoms with Crippen molar-refractivity contribution in [1.29, 1.82) is 0 Å². The summed E-state index contributed by atoms with van der Waals surface area (Å²) in [5, 5.41) is 0. The minimum absolute atomic E-state index is 0.333. The van der Waals surface area contributed by atoms with Crippen LogP contribution in [0.4, 0.5) is 0 Å². The topological polar surface area (TPSA) is 59.2 Å². The molecule has 1 heterocycles. The van der Waals surface area contributed by atoms with E-state index in [1.54, 1.807) is 6.07 Å². The van der Waals surface area contributed by atoms with Crippen molar-refractivity contribution in [3.8, 4) is 11.3 Å². The molecule has 0 aliphatic heterocycles. The van der Waals surface area contributed by atoms with E-state index in [0.29, 0.717) is 11.6 Å². The van der Waals surface area contributed by atoms with E-state index in [9.17, 15) is 4.79 Å². The van der Waals surface area contributed by atoms with Gasteiger partial charge < -0.3 is 10.6 Å².